The van der Waals surface area contributed by atoms with Gasteiger partial charge in [-0.2, -0.15) is 0 Å². The summed E-state index contributed by atoms with van der Waals surface area (Å²) in [6.45, 7) is 3.34. The Balaban J connectivity index is 1.70. The molecule has 138 valence electrons. The van der Waals surface area contributed by atoms with Gasteiger partial charge < -0.3 is 14.8 Å². The molecule has 1 saturated heterocycles. The van der Waals surface area contributed by atoms with Gasteiger partial charge in [0.15, 0.2) is 0 Å². The highest BCUT2D eigenvalue weighted by Crippen LogP contribution is 2.30. The number of nitrogens with zero attached hydrogens (tertiary/aromatic N) is 1. The van der Waals surface area contributed by atoms with Crippen molar-refractivity contribution in [3.05, 3.63) is 59.7 Å². The predicted octanol–water partition coefficient (Wildman–Crippen LogP) is 3.74. The Labute approximate surface area is 158 Å². The van der Waals surface area contributed by atoms with Gasteiger partial charge in [-0.25, -0.2) is 4.98 Å². The number of nitrogens with one attached hydrogen (secondary N) is 1. The zero-order valence-electron chi connectivity index (χ0n) is 15.5. The number of aromatic nitrogens is 1. The second kappa shape index (κ2) is 7.37. The standard InChI is InChI=1S/C22H22N2O3/c1-14-11-19(24-21-18(14)7-4-8-20(21)26-2)15-5-3-6-16(12-15)22(25)23-17-9-10-27-13-17/h3-8,11-12,17H,9-10,13H2,1-2H3,(H,23,25)/t17-/m0/s1. The quantitative estimate of drug-likeness (QED) is 0.768. The van der Waals surface area contributed by atoms with E-state index in [1.807, 2.05) is 48.5 Å². The first-order chi connectivity index (χ1) is 13.2. The fraction of sp³-hybridized carbons (Fsp3) is 0.273. The van der Waals surface area contributed by atoms with Gasteiger partial charge >= 0.3 is 0 Å². The van der Waals surface area contributed by atoms with Gasteiger partial charge in [-0.1, -0.05) is 24.3 Å². The van der Waals surface area contributed by atoms with Crippen LogP contribution in [0.4, 0.5) is 0 Å². The molecular formula is C22H22N2O3. The number of ether oxygens (including phenoxy) is 2. The van der Waals surface area contributed by atoms with Crippen LogP contribution in [0.15, 0.2) is 48.5 Å². The summed E-state index contributed by atoms with van der Waals surface area (Å²) in [4.78, 5) is 17.4. The van der Waals surface area contributed by atoms with Crippen LogP contribution in [0.3, 0.4) is 0 Å². The van der Waals surface area contributed by atoms with Gasteiger partial charge in [0.05, 0.1) is 25.5 Å². The van der Waals surface area contributed by atoms with Gasteiger partial charge in [0.2, 0.25) is 0 Å². The molecule has 5 nitrogen and oxygen atoms in total. The fourth-order valence-electron chi connectivity index (χ4n) is 3.44. The topological polar surface area (TPSA) is 60.5 Å². The molecule has 2 aromatic carbocycles. The van der Waals surface area contributed by atoms with Crippen LogP contribution in [0.5, 0.6) is 5.75 Å². The van der Waals surface area contributed by atoms with Crippen molar-refractivity contribution < 1.29 is 14.3 Å². The summed E-state index contributed by atoms with van der Waals surface area (Å²) in [5, 5.41) is 4.09. The zero-order valence-corrected chi connectivity index (χ0v) is 15.5. The first kappa shape index (κ1) is 17.5. The second-order valence-electron chi connectivity index (χ2n) is 6.80. The largest absolute Gasteiger partial charge is 0.494 e. The van der Waals surface area contributed by atoms with Crippen molar-refractivity contribution in [3.8, 4) is 17.0 Å². The monoisotopic (exact) mass is 362 g/mol. The molecule has 1 fully saturated rings. The molecule has 0 unspecified atom stereocenters. The van der Waals surface area contributed by atoms with Crippen molar-refractivity contribution >= 4 is 16.8 Å². The van der Waals surface area contributed by atoms with E-state index in [1.54, 1.807) is 7.11 Å². The average Bonchev–Trinajstić information content (AvgIpc) is 3.20. The predicted molar refractivity (Wildman–Crippen MR) is 105 cm³/mol. The molecule has 1 aliphatic heterocycles. The molecule has 27 heavy (non-hydrogen) atoms. The number of benzene rings is 2. The van der Waals surface area contributed by atoms with Crippen LogP contribution in [0.2, 0.25) is 0 Å². The van der Waals surface area contributed by atoms with E-state index >= 15 is 0 Å². The van der Waals surface area contributed by atoms with E-state index in [9.17, 15) is 4.79 Å². The number of methoxy groups -OCH3 is 1. The lowest BCUT2D eigenvalue weighted by atomic mass is 10.0. The summed E-state index contributed by atoms with van der Waals surface area (Å²) in [5.41, 5.74) is 4.29. The molecule has 1 amide bonds. The van der Waals surface area contributed by atoms with E-state index in [-0.39, 0.29) is 11.9 Å². The molecule has 0 saturated carbocycles. The number of para-hydroxylation sites is 1. The molecule has 1 atom stereocenters. The van der Waals surface area contributed by atoms with Gasteiger partial charge in [-0.15, -0.1) is 0 Å². The zero-order chi connectivity index (χ0) is 18.8. The number of pyridine rings is 1. The van der Waals surface area contributed by atoms with Crippen LogP contribution in [-0.4, -0.2) is 37.3 Å². The third kappa shape index (κ3) is 3.51. The molecular weight excluding hydrogens is 340 g/mol. The van der Waals surface area contributed by atoms with Gasteiger partial charge in [0, 0.05) is 23.1 Å². The number of carbonyl (C=O) groups excluding carboxylic acids is 1. The highest BCUT2D eigenvalue weighted by molar-refractivity contribution is 5.96. The van der Waals surface area contributed by atoms with Crippen molar-refractivity contribution in [2.75, 3.05) is 20.3 Å². The smallest absolute Gasteiger partial charge is 0.251 e. The summed E-state index contributed by atoms with van der Waals surface area (Å²) in [6, 6.07) is 15.6. The number of aryl methyl sites for hydroxylation is 1. The van der Waals surface area contributed by atoms with Crippen molar-refractivity contribution in [2.24, 2.45) is 0 Å². The Kier molecular flexibility index (Phi) is 4.77. The van der Waals surface area contributed by atoms with E-state index in [1.165, 1.54) is 0 Å². The van der Waals surface area contributed by atoms with Gasteiger partial charge in [0.1, 0.15) is 11.3 Å². The molecule has 1 aliphatic rings. The molecule has 5 heteroatoms. The molecule has 4 rings (SSSR count). The molecule has 3 aromatic rings. The Morgan fingerprint density at radius 3 is 2.85 bits per heavy atom. The molecule has 0 spiro atoms. The van der Waals surface area contributed by atoms with Gasteiger partial charge in [0.25, 0.3) is 5.91 Å². The normalized spacial score (nSPS) is 16.4. The number of carbonyl (C=O) groups is 1. The average molecular weight is 362 g/mol. The minimum Gasteiger partial charge on any atom is -0.494 e. The maximum atomic E-state index is 12.6. The van der Waals surface area contributed by atoms with E-state index in [4.69, 9.17) is 14.5 Å². The Morgan fingerprint density at radius 2 is 2.07 bits per heavy atom. The Bertz CT molecular complexity index is 994. The maximum absolute atomic E-state index is 12.6. The van der Waals surface area contributed by atoms with E-state index in [0.29, 0.717) is 18.8 Å². The summed E-state index contributed by atoms with van der Waals surface area (Å²) in [6.07, 6.45) is 0.858. The molecule has 2 heterocycles. The van der Waals surface area contributed by atoms with Crippen molar-refractivity contribution in [1.29, 1.82) is 0 Å². The Morgan fingerprint density at radius 1 is 1.22 bits per heavy atom. The van der Waals surface area contributed by atoms with Crippen LogP contribution < -0.4 is 10.1 Å². The maximum Gasteiger partial charge on any atom is 0.251 e. The second-order valence-corrected chi connectivity index (χ2v) is 6.80. The molecule has 0 aliphatic carbocycles. The van der Waals surface area contributed by atoms with Crippen molar-refractivity contribution in [3.63, 3.8) is 0 Å². The number of hydrogen-bond donors (Lipinski definition) is 1. The van der Waals surface area contributed by atoms with Crippen molar-refractivity contribution in [1.82, 2.24) is 10.3 Å². The summed E-state index contributed by atoms with van der Waals surface area (Å²) in [7, 11) is 1.65. The Hall–Kier alpha value is -2.92. The minimum atomic E-state index is -0.0811. The first-order valence-corrected chi connectivity index (χ1v) is 9.09. The fourth-order valence-corrected chi connectivity index (χ4v) is 3.44. The van der Waals surface area contributed by atoms with Gasteiger partial charge in [-0.05, 0) is 43.2 Å². The van der Waals surface area contributed by atoms with Crippen molar-refractivity contribution in [2.45, 2.75) is 19.4 Å². The number of hydrogen-bond acceptors (Lipinski definition) is 4. The highest BCUT2D eigenvalue weighted by Gasteiger charge is 2.19. The minimum absolute atomic E-state index is 0.0811. The van der Waals surface area contributed by atoms with Crippen LogP contribution in [0.25, 0.3) is 22.2 Å². The van der Waals surface area contributed by atoms with Crippen LogP contribution in [-0.2, 0) is 4.74 Å². The van der Waals surface area contributed by atoms with Crippen LogP contribution in [0.1, 0.15) is 22.3 Å². The summed E-state index contributed by atoms with van der Waals surface area (Å²) < 4.78 is 10.8. The van der Waals surface area contributed by atoms with Crippen LogP contribution >= 0.6 is 0 Å². The summed E-state index contributed by atoms with van der Waals surface area (Å²) >= 11 is 0. The van der Waals surface area contributed by atoms with Crippen LogP contribution in [0, 0.1) is 6.92 Å². The lowest BCUT2D eigenvalue weighted by Gasteiger charge is -2.12. The lowest BCUT2D eigenvalue weighted by molar-refractivity contribution is 0.0930. The number of amides is 1. The SMILES string of the molecule is COc1cccc2c(C)cc(-c3cccc(C(=O)N[C@H]4CCOC4)c3)nc12. The van der Waals surface area contributed by atoms with E-state index < -0.39 is 0 Å². The summed E-state index contributed by atoms with van der Waals surface area (Å²) in [5.74, 6) is 0.662. The lowest BCUT2D eigenvalue weighted by Crippen LogP contribution is -2.34. The molecule has 1 N–H and O–H groups in total. The third-order valence-corrected chi connectivity index (χ3v) is 4.91. The van der Waals surface area contributed by atoms with E-state index in [0.717, 1.165) is 39.9 Å². The molecule has 1 aromatic heterocycles. The number of rotatable bonds is 4. The first-order valence-electron chi connectivity index (χ1n) is 9.09. The molecule has 0 radical (unpaired) electrons. The third-order valence-electron chi connectivity index (χ3n) is 4.91. The highest BCUT2D eigenvalue weighted by atomic mass is 16.5. The molecule has 0 bridgehead atoms. The van der Waals surface area contributed by atoms with Gasteiger partial charge in [-0.3, -0.25) is 4.79 Å². The van der Waals surface area contributed by atoms with E-state index in [2.05, 4.69) is 12.2 Å². The number of fused-ring (bicyclic) bond motifs is 1.